The molecule has 4 atom stereocenters. The molecule has 5 heterocycles. The van der Waals surface area contributed by atoms with Gasteiger partial charge in [-0.05, 0) is 133 Å². The molecule has 0 bridgehead atoms. The molecule has 0 saturated carbocycles. The summed E-state index contributed by atoms with van der Waals surface area (Å²) in [5.74, 6) is -1.09. The third-order valence-electron chi connectivity index (χ3n) is 13.1. The van der Waals surface area contributed by atoms with Gasteiger partial charge in [0.25, 0.3) is 5.91 Å². The van der Waals surface area contributed by atoms with E-state index in [4.69, 9.17) is 0 Å². The second-order valence-electron chi connectivity index (χ2n) is 17.1. The van der Waals surface area contributed by atoms with E-state index in [0.717, 1.165) is 59.6 Å². The first-order valence-electron chi connectivity index (χ1n) is 22.0. The molecule has 13 heteroatoms. The molecular formula is C50H52FN7O5. The third-order valence-corrected chi connectivity index (χ3v) is 13.1. The Hall–Kier alpha value is -6.44. The van der Waals surface area contributed by atoms with Crippen LogP contribution in [0.2, 0.25) is 0 Å². The zero-order chi connectivity index (χ0) is 43.5. The molecule has 0 aliphatic carbocycles. The fraction of sp³-hybridized carbons (Fsp3) is 0.340. The lowest BCUT2D eigenvalue weighted by Gasteiger charge is -2.39. The van der Waals surface area contributed by atoms with E-state index >= 15 is 4.39 Å². The first-order chi connectivity index (χ1) is 30.7. The number of benzene rings is 4. The number of aliphatic hydroxyl groups excluding tert-OH is 1. The van der Waals surface area contributed by atoms with Crippen LogP contribution >= 0.6 is 0 Å². The number of likely N-dealkylation sites (tertiary alicyclic amines) is 1. The molecule has 63 heavy (non-hydrogen) atoms. The summed E-state index contributed by atoms with van der Waals surface area (Å²) in [6, 6.07) is 28.7. The number of nitrogens with one attached hydrogen (secondary N) is 4. The predicted octanol–water partition coefficient (Wildman–Crippen LogP) is 7.00. The number of rotatable bonds is 15. The maximum absolute atomic E-state index is 15.2. The molecule has 4 aliphatic heterocycles. The number of hydrogen-bond donors (Lipinski definition) is 5. The van der Waals surface area contributed by atoms with Crippen LogP contribution in [0.5, 0.6) is 0 Å². The number of imide groups is 1. The molecule has 4 aliphatic rings. The van der Waals surface area contributed by atoms with E-state index in [1.807, 2.05) is 60.9 Å². The lowest BCUT2D eigenvalue weighted by Crippen LogP contribution is -2.52. The van der Waals surface area contributed by atoms with Crippen LogP contribution in [-0.2, 0) is 40.3 Å². The van der Waals surface area contributed by atoms with E-state index < -0.39 is 11.9 Å². The number of fused-ring (bicyclic) bond motifs is 4. The van der Waals surface area contributed by atoms with Crippen molar-refractivity contribution in [3.05, 3.63) is 143 Å². The largest absolute Gasteiger partial charge is 0.394 e. The number of aryl methyl sites for hydroxylation is 2. The van der Waals surface area contributed by atoms with Crippen molar-refractivity contribution in [3.63, 3.8) is 0 Å². The highest BCUT2D eigenvalue weighted by Gasteiger charge is 2.44. The fourth-order valence-corrected chi connectivity index (χ4v) is 9.89. The molecule has 2 fully saturated rings. The van der Waals surface area contributed by atoms with Gasteiger partial charge < -0.3 is 26.0 Å². The average Bonchev–Trinajstić information content (AvgIpc) is 3.87. The molecule has 324 valence electrons. The van der Waals surface area contributed by atoms with E-state index in [9.17, 15) is 24.3 Å². The van der Waals surface area contributed by atoms with Crippen molar-refractivity contribution >= 4 is 40.7 Å². The summed E-state index contributed by atoms with van der Waals surface area (Å²) >= 11 is 0. The van der Waals surface area contributed by atoms with Crippen molar-refractivity contribution in [1.82, 2.24) is 20.1 Å². The minimum Gasteiger partial charge on any atom is -0.394 e. The Kier molecular flexibility index (Phi) is 12.3. The Morgan fingerprint density at radius 3 is 2.56 bits per heavy atom. The van der Waals surface area contributed by atoms with Crippen molar-refractivity contribution in [2.45, 2.75) is 82.6 Å². The molecule has 12 nitrogen and oxygen atoms in total. The van der Waals surface area contributed by atoms with Gasteiger partial charge in [-0.15, -0.1) is 0 Å². The first kappa shape index (κ1) is 41.9. The SMILES string of the molecule is O=C1CCC(N2Cc3c(NCCCc4ccc(CCCC(=O)Nc5cccc(-c6ccc7c(c6)[C@H]6[C@H](CCN6Cc6ccncc6)[C@@H](CO)N7)c5)c(F)c4)cccc3C2=O)C(=O)N1. The van der Waals surface area contributed by atoms with E-state index in [0.29, 0.717) is 55.6 Å². The highest BCUT2D eigenvalue weighted by molar-refractivity contribution is 6.06. The van der Waals surface area contributed by atoms with E-state index in [2.05, 4.69) is 61.5 Å². The fourth-order valence-electron chi connectivity index (χ4n) is 9.89. The summed E-state index contributed by atoms with van der Waals surface area (Å²) in [6.45, 7) is 2.73. The van der Waals surface area contributed by atoms with Crippen molar-refractivity contribution in [1.29, 1.82) is 0 Å². The summed E-state index contributed by atoms with van der Waals surface area (Å²) in [6.07, 6.45) is 7.75. The number of aliphatic hydroxyl groups is 1. The Balaban J connectivity index is 0.753. The van der Waals surface area contributed by atoms with Gasteiger partial charge in [-0.3, -0.25) is 34.4 Å². The maximum Gasteiger partial charge on any atom is 0.255 e. The lowest BCUT2D eigenvalue weighted by atomic mass is 9.82. The minimum atomic E-state index is -0.667. The molecular weight excluding hydrogens is 798 g/mol. The highest BCUT2D eigenvalue weighted by Crippen LogP contribution is 2.48. The van der Waals surface area contributed by atoms with Crippen LogP contribution < -0.4 is 21.3 Å². The van der Waals surface area contributed by atoms with Gasteiger partial charge in [0.2, 0.25) is 17.7 Å². The molecule has 1 aromatic heterocycles. The molecule has 4 amide bonds. The van der Waals surface area contributed by atoms with Gasteiger partial charge in [0.05, 0.1) is 12.6 Å². The summed E-state index contributed by atoms with van der Waals surface area (Å²) in [5, 5.41) is 22.7. The number of anilines is 3. The highest BCUT2D eigenvalue weighted by atomic mass is 19.1. The Labute approximate surface area is 366 Å². The number of nitrogens with zero attached hydrogens (tertiary/aromatic N) is 3. The van der Waals surface area contributed by atoms with Crippen molar-refractivity contribution in [2.75, 3.05) is 35.6 Å². The lowest BCUT2D eigenvalue weighted by molar-refractivity contribution is -0.137. The monoisotopic (exact) mass is 849 g/mol. The van der Waals surface area contributed by atoms with Gasteiger partial charge in [-0.1, -0.05) is 36.4 Å². The van der Waals surface area contributed by atoms with Gasteiger partial charge in [0.1, 0.15) is 11.9 Å². The zero-order valence-electron chi connectivity index (χ0n) is 35.1. The van der Waals surface area contributed by atoms with Gasteiger partial charge >= 0.3 is 0 Å². The molecule has 1 unspecified atom stereocenters. The summed E-state index contributed by atoms with van der Waals surface area (Å²) < 4.78 is 15.2. The van der Waals surface area contributed by atoms with E-state index in [1.165, 1.54) is 11.1 Å². The van der Waals surface area contributed by atoms with Crippen LogP contribution in [-0.4, -0.2) is 75.3 Å². The Morgan fingerprint density at radius 1 is 0.889 bits per heavy atom. The number of aromatic nitrogens is 1. The van der Waals surface area contributed by atoms with Gasteiger partial charge in [-0.25, -0.2) is 4.39 Å². The smallest absolute Gasteiger partial charge is 0.255 e. The van der Waals surface area contributed by atoms with Crippen molar-refractivity contribution in [2.24, 2.45) is 5.92 Å². The first-order valence-corrected chi connectivity index (χ1v) is 22.0. The number of amides is 4. The second-order valence-corrected chi connectivity index (χ2v) is 17.1. The maximum atomic E-state index is 15.2. The molecule has 5 aromatic rings. The van der Waals surface area contributed by atoms with Crippen LogP contribution in [0.3, 0.4) is 0 Å². The van der Waals surface area contributed by atoms with Crippen LogP contribution in [0.4, 0.5) is 21.5 Å². The summed E-state index contributed by atoms with van der Waals surface area (Å²) in [5.41, 5.74) is 9.88. The second kappa shape index (κ2) is 18.5. The molecule has 2 saturated heterocycles. The van der Waals surface area contributed by atoms with E-state index in [-0.39, 0.29) is 61.0 Å². The zero-order valence-corrected chi connectivity index (χ0v) is 35.1. The summed E-state index contributed by atoms with van der Waals surface area (Å²) in [4.78, 5) is 58.6. The Bertz CT molecular complexity index is 2530. The quantitative estimate of drug-likeness (QED) is 0.0553. The molecule has 9 rings (SSSR count). The van der Waals surface area contributed by atoms with Gasteiger partial charge in [0.15, 0.2) is 0 Å². The number of piperidine rings is 1. The van der Waals surface area contributed by atoms with Crippen LogP contribution in [0, 0.1) is 11.7 Å². The molecule has 0 radical (unpaired) electrons. The Morgan fingerprint density at radius 2 is 1.73 bits per heavy atom. The normalized spacial score (nSPS) is 20.4. The number of carbonyl (C=O) groups excluding carboxylic acids is 4. The third kappa shape index (κ3) is 9.07. The number of pyridine rings is 1. The van der Waals surface area contributed by atoms with Crippen molar-refractivity contribution < 1.29 is 28.7 Å². The number of halogens is 1. The number of hydrogen-bond acceptors (Lipinski definition) is 9. The van der Waals surface area contributed by atoms with Crippen LogP contribution in [0.25, 0.3) is 11.1 Å². The predicted molar refractivity (Wildman–Crippen MR) is 239 cm³/mol. The molecule has 5 N–H and O–H groups in total. The van der Waals surface area contributed by atoms with Crippen LogP contribution in [0.15, 0.2) is 103 Å². The average molecular weight is 850 g/mol. The summed E-state index contributed by atoms with van der Waals surface area (Å²) in [7, 11) is 0. The van der Waals surface area contributed by atoms with Gasteiger partial charge in [-0.2, -0.15) is 0 Å². The van der Waals surface area contributed by atoms with Crippen LogP contribution in [0.1, 0.15) is 82.7 Å². The topological polar surface area (TPSA) is 156 Å². The standard InChI is InChI=1S/C50H52FN7O5/c51-41-25-31(5-4-21-53-42-10-3-9-37-40(42)29-58(50(37)63)45-16-17-47(61)56-49(45)62)12-13-33(41)6-2-11-46(60)54-36-8-1-7-34(26-36)35-14-15-43-39(27-35)48-38(44(30-59)55-43)20-24-57(48)28-32-18-22-52-23-19-32/h1,3,7-10,12-15,18-19,22-23,25-27,38,44-45,48,53,55,59H,2,4-6,11,16-17,20-21,24,28-30H2,(H,54,60)(H,56,61,62)/t38-,44-,45?,48-/m1/s1. The van der Waals surface area contributed by atoms with E-state index in [1.54, 1.807) is 17.0 Å². The number of carbonyl (C=O) groups is 4. The minimum absolute atomic E-state index is 0.00668. The van der Waals surface area contributed by atoms with Gasteiger partial charge in [0, 0.05) is 85.0 Å². The van der Waals surface area contributed by atoms with Crippen molar-refractivity contribution in [3.8, 4) is 11.1 Å². The molecule has 4 aromatic carbocycles. The molecule has 0 spiro atoms.